The molecule has 0 atom stereocenters. The summed E-state index contributed by atoms with van der Waals surface area (Å²) in [6.45, 7) is 8.67. The Morgan fingerprint density at radius 3 is 2.40 bits per heavy atom. The molecule has 108 valence electrons. The molecule has 0 fully saturated rings. The second-order valence-electron chi connectivity index (χ2n) is 5.55. The molecule has 0 aliphatic carbocycles. The van der Waals surface area contributed by atoms with Crippen LogP contribution in [0.25, 0.3) is 0 Å². The lowest BCUT2D eigenvalue weighted by molar-refractivity contribution is -0.149. The minimum Gasteiger partial charge on any atom is -0.512 e. The number of esters is 1. The smallest absolute Gasteiger partial charge is 0.343 e. The Kier molecular flexibility index (Phi) is 5.08. The number of ether oxygens (including phenoxy) is 1. The molecule has 0 aliphatic rings. The Balaban J connectivity index is 2.99. The molecule has 1 rings (SSSR count). The average molecular weight is 275 g/mol. The van der Waals surface area contributed by atoms with E-state index in [9.17, 15) is 9.90 Å². The predicted molar refractivity (Wildman–Crippen MR) is 80.5 cm³/mol. The maximum atomic E-state index is 12.0. The van der Waals surface area contributed by atoms with Gasteiger partial charge in [0.2, 0.25) is 0 Å². The molecule has 1 aromatic rings. The zero-order valence-corrected chi connectivity index (χ0v) is 12.6. The van der Waals surface area contributed by atoms with E-state index in [0.29, 0.717) is 0 Å². The van der Waals surface area contributed by atoms with E-state index in [1.165, 1.54) is 13.1 Å². The molecule has 0 saturated heterocycles. The molecular weight excluding hydrogens is 254 g/mol. The van der Waals surface area contributed by atoms with Crippen molar-refractivity contribution >= 4 is 17.9 Å². The summed E-state index contributed by atoms with van der Waals surface area (Å²) in [5, 5.41) is 9.61. The van der Waals surface area contributed by atoms with Gasteiger partial charge < -0.3 is 9.84 Å². The molecule has 0 saturated carbocycles. The van der Waals surface area contributed by atoms with Crippen LogP contribution in [0, 0.1) is 6.92 Å². The molecule has 0 heterocycles. The van der Waals surface area contributed by atoms with Crippen molar-refractivity contribution in [3.05, 3.63) is 41.2 Å². The highest BCUT2D eigenvalue weighted by Crippen LogP contribution is 2.18. The van der Waals surface area contributed by atoms with Crippen LogP contribution in [0.3, 0.4) is 0 Å². The van der Waals surface area contributed by atoms with E-state index in [-0.39, 0.29) is 11.3 Å². The van der Waals surface area contributed by atoms with Gasteiger partial charge >= 0.3 is 5.97 Å². The number of carbonyl (C=O) groups is 1. The number of hydrogen-bond acceptors (Lipinski definition) is 4. The fourth-order valence-corrected chi connectivity index (χ4v) is 1.47. The summed E-state index contributed by atoms with van der Waals surface area (Å²) in [5.41, 5.74) is 1.18. The Morgan fingerprint density at radius 1 is 1.30 bits per heavy atom. The molecular formula is C16H21NO3. The molecule has 0 radical (unpaired) electrons. The molecule has 1 N–H and O–H groups in total. The minimum absolute atomic E-state index is 0.0585. The van der Waals surface area contributed by atoms with Crippen LogP contribution < -0.4 is 0 Å². The monoisotopic (exact) mass is 275 g/mol. The molecule has 4 nitrogen and oxygen atoms in total. The number of allylic oxidation sites excluding steroid dienone is 1. The number of aliphatic imine (C=N–C) groups is 1. The van der Waals surface area contributed by atoms with Crippen LogP contribution in [0.15, 0.2) is 40.6 Å². The van der Waals surface area contributed by atoms with E-state index in [2.05, 4.69) is 4.99 Å². The van der Waals surface area contributed by atoms with Crippen molar-refractivity contribution in [3.8, 4) is 0 Å². The molecule has 0 spiro atoms. The molecule has 0 aromatic heterocycles. The van der Waals surface area contributed by atoms with Gasteiger partial charge in [-0.1, -0.05) is 18.2 Å². The van der Waals surface area contributed by atoms with Crippen molar-refractivity contribution in [2.45, 2.75) is 40.2 Å². The van der Waals surface area contributed by atoms with Crippen LogP contribution in [-0.4, -0.2) is 22.9 Å². The van der Waals surface area contributed by atoms with Gasteiger partial charge in [0, 0.05) is 6.21 Å². The highest BCUT2D eigenvalue weighted by atomic mass is 16.6. The second-order valence-corrected chi connectivity index (χ2v) is 5.55. The first kappa shape index (κ1) is 16.0. The highest BCUT2D eigenvalue weighted by Gasteiger charge is 2.20. The summed E-state index contributed by atoms with van der Waals surface area (Å²) in [6.07, 6.45) is 1.34. The SMILES string of the molecule is CC(O)=C(C=Nc1ccccc1C)C(=O)OC(C)(C)C. The number of nitrogens with zero attached hydrogens (tertiary/aromatic N) is 1. The highest BCUT2D eigenvalue weighted by molar-refractivity contribution is 6.10. The lowest BCUT2D eigenvalue weighted by Crippen LogP contribution is -2.25. The number of benzene rings is 1. The predicted octanol–water partition coefficient (Wildman–Crippen LogP) is 3.87. The van der Waals surface area contributed by atoms with Crippen molar-refractivity contribution in [1.82, 2.24) is 0 Å². The zero-order chi connectivity index (χ0) is 15.3. The number of hydrogen-bond donors (Lipinski definition) is 1. The first-order chi connectivity index (χ1) is 9.20. The molecule has 0 unspecified atom stereocenters. The summed E-state index contributed by atoms with van der Waals surface area (Å²) in [6, 6.07) is 7.54. The number of para-hydroxylation sites is 1. The van der Waals surface area contributed by atoms with Crippen molar-refractivity contribution in [1.29, 1.82) is 0 Å². The van der Waals surface area contributed by atoms with E-state index in [0.717, 1.165) is 11.3 Å². The van der Waals surface area contributed by atoms with Crippen molar-refractivity contribution in [2.75, 3.05) is 0 Å². The van der Waals surface area contributed by atoms with Crippen molar-refractivity contribution in [3.63, 3.8) is 0 Å². The summed E-state index contributed by atoms with van der Waals surface area (Å²) >= 11 is 0. The van der Waals surface area contributed by atoms with Gasteiger partial charge in [-0.15, -0.1) is 0 Å². The van der Waals surface area contributed by atoms with Gasteiger partial charge in [-0.3, -0.25) is 4.99 Å². The Labute approximate surface area is 119 Å². The maximum Gasteiger partial charge on any atom is 0.343 e. The van der Waals surface area contributed by atoms with E-state index in [4.69, 9.17) is 4.74 Å². The standard InChI is InChI=1S/C16H21NO3/c1-11-8-6-7-9-14(11)17-10-13(12(2)18)15(19)20-16(3,4)5/h6-10,18H,1-5H3. The van der Waals surface area contributed by atoms with E-state index in [1.807, 2.05) is 31.2 Å². The van der Waals surface area contributed by atoms with E-state index in [1.54, 1.807) is 20.8 Å². The van der Waals surface area contributed by atoms with Gasteiger partial charge in [0.15, 0.2) is 0 Å². The quantitative estimate of drug-likeness (QED) is 0.394. The largest absolute Gasteiger partial charge is 0.512 e. The number of aryl methyl sites for hydroxylation is 1. The first-order valence-corrected chi connectivity index (χ1v) is 6.43. The van der Waals surface area contributed by atoms with Crippen LogP contribution in [0.2, 0.25) is 0 Å². The Hall–Kier alpha value is -2.10. The van der Waals surface area contributed by atoms with Gasteiger partial charge in [0.25, 0.3) is 0 Å². The van der Waals surface area contributed by atoms with Crippen LogP contribution in [0.1, 0.15) is 33.3 Å². The van der Waals surface area contributed by atoms with E-state index < -0.39 is 11.6 Å². The first-order valence-electron chi connectivity index (χ1n) is 6.43. The van der Waals surface area contributed by atoms with Gasteiger partial charge in [0.1, 0.15) is 16.9 Å². The van der Waals surface area contributed by atoms with Gasteiger partial charge in [0.05, 0.1) is 5.69 Å². The fraction of sp³-hybridized carbons (Fsp3) is 0.375. The summed E-state index contributed by atoms with van der Waals surface area (Å²) < 4.78 is 5.23. The number of rotatable bonds is 3. The molecule has 0 aliphatic heterocycles. The van der Waals surface area contributed by atoms with Gasteiger partial charge in [-0.25, -0.2) is 4.79 Å². The average Bonchev–Trinajstić information content (AvgIpc) is 2.28. The van der Waals surface area contributed by atoms with Gasteiger partial charge in [-0.2, -0.15) is 0 Å². The van der Waals surface area contributed by atoms with Crippen molar-refractivity contribution in [2.24, 2.45) is 4.99 Å². The number of carbonyl (C=O) groups excluding carboxylic acids is 1. The van der Waals surface area contributed by atoms with Crippen LogP contribution in [0.4, 0.5) is 5.69 Å². The lowest BCUT2D eigenvalue weighted by atomic mass is 10.1. The maximum absolute atomic E-state index is 12.0. The van der Waals surface area contributed by atoms with Crippen LogP contribution in [-0.2, 0) is 9.53 Å². The zero-order valence-electron chi connectivity index (χ0n) is 12.6. The summed E-state index contributed by atoms with van der Waals surface area (Å²) in [7, 11) is 0. The molecule has 0 bridgehead atoms. The van der Waals surface area contributed by atoms with Crippen LogP contribution in [0.5, 0.6) is 0 Å². The summed E-state index contributed by atoms with van der Waals surface area (Å²) in [5.74, 6) is -0.702. The fourth-order valence-electron chi connectivity index (χ4n) is 1.47. The third kappa shape index (κ3) is 4.88. The second kappa shape index (κ2) is 6.37. The minimum atomic E-state index is -0.617. The third-order valence-electron chi connectivity index (χ3n) is 2.46. The molecule has 1 aromatic carbocycles. The third-order valence-corrected chi connectivity index (χ3v) is 2.46. The van der Waals surface area contributed by atoms with Gasteiger partial charge in [-0.05, 0) is 46.2 Å². The molecule has 0 amide bonds. The topological polar surface area (TPSA) is 58.9 Å². The Bertz CT molecular complexity index is 547. The number of aliphatic hydroxyl groups is 1. The molecule has 4 heteroatoms. The van der Waals surface area contributed by atoms with Crippen LogP contribution >= 0.6 is 0 Å². The lowest BCUT2D eigenvalue weighted by Gasteiger charge is -2.19. The number of aliphatic hydroxyl groups excluding tert-OH is 1. The Morgan fingerprint density at radius 2 is 1.90 bits per heavy atom. The summed E-state index contributed by atoms with van der Waals surface area (Å²) in [4.78, 5) is 16.2. The van der Waals surface area contributed by atoms with E-state index >= 15 is 0 Å². The van der Waals surface area contributed by atoms with Crippen molar-refractivity contribution < 1.29 is 14.6 Å². The molecule has 20 heavy (non-hydrogen) atoms. The normalized spacial score (nSPS) is 13.2.